The molecule has 0 bridgehead atoms. The third-order valence-corrected chi connectivity index (χ3v) is 4.23. The summed E-state index contributed by atoms with van der Waals surface area (Å²) in [6.45, 7) is 5.21. The zero-order valence-electron chi connectivity index (χ0n) is 12.3. The maximum Gasteiger partial charge on any atom is 0.256 e. The molecule has 0 aromatic heterocycles. The van der Waals surface area contributed by atoms with Crippen LogP contribution in [0.4, 0.5) is 4.39 Å². The van der Waals surface area contributed by atoms with Crippen LogP contribution in [0.15, 0.2) is 29.4 Å². The average molecular weight is 290 g/mol. The lowest BCUT2D eigenvalue weighted by Gasteiger charge is -2.22. The van der Waals surface area contributed by atoms with Gasteiger partial charge in [0.15, 0.2) is 5.60 Å². The van der Waals surface area contributed by atoms with Gasteiger partial charge in [-0.15, -0.1) is 0 Å². The van der Waals surface area contributed by atoms with Crippen molar-refractivity contribution in [2.75, 3.05) is 13.1 Å². The summed E-state index contributed by atoms with van der Waals surface area (Å²) in [7, 11) is 0. The first-order valence-electron chi connectivity index (χ1n) is 7.29. The average Bonchev–Trinajstić information content (AvgIpc) is 3.07. The van der Waals surface area contributed by atoms with Crippen molar-refractivity contribution in [3.05, 3.63) is 35.6 Å². The normalized spacial score (nSPS) is 24.6. The molecule has 0 aliphatic carbocycles. The van der Waals surface area contributed by atoms with Gasteiger partial charge in [-0.25, -0.2) is 4.39 Å². The van der Waals surface area contributed by atoms with Crippen LogP contribution < -0.4 is 0 Å². The summed E-state index contributed by atoms with van der Waals surface area (Å²) in [5, 5.41) is 4.16. The molecule has 1 amide bonds. The first kappa shape index (κ1) is 14.0. The fourth-order valence-corrected chi connectivity index (χ4v) is 2.90. The van der Waals surface area contributed by atoms with Crippen molar-refractivity contribution in [1.29, 1.82) is 0 Å². The van der Waals surface area contributed by atoms with Gasteiger partial charge in [0.05, 0.1) is 17.8 Å². The summed E-state index contributed by atoms with van der Waals surface area (Å²) in [6, 6.07) is 6.09. The van der Waals surface area contributed by atoms with E-state index in [-0.39, 0.29) is 11.5 Å². The molecule has 2 aliphatic rings. The summed E-state index contributed by atoms with van der Waals surface area (Å²) in [5.74, 6) is -0.401. The highest BCUT2D eigenvalue weighted by molar-refractivity contribution is 5.95. The molecule has 1 aromatic carbocycles. The molecule has 1 fully saturated rings. The molecule has 1 atom stereocenters. The topological polar surface area (TPSA) is 41.9 Å². The van der Waals surface area contributed by atoms with Crippen molar-refractivity contribution < 1.29 is 14.0 Å². The Morgan fingerprint density at radius 3 is 2.86 bits per heavy atom. The van der Waals surface area contributed by atoms with Gasteiger partial charge < -0.3 is 9.74 Å². The monoisotopic (exact) mass is 290 g/mol. The van der Waals surface area contributed by atoms with Crippen molar-refractivity contribution >= 4 is 11.6 Å². The van der Waals surface area contributed by atoms with E-state index in [4.69, 9.17) is 4.84 Å². The van der Waals surface area contributed by atoms with E-state index >= 15 is 0 Å². The first-order valence-corrected chi connectivity index (χ1v) is 7.29. The lowest BCUT2D eigenvalue weighted by atomic mass is 9.92. The van der Waals surface area contributed by atoms with Crippen LogP contribution in [0.2, 0.25) is 0 Å². The van der Waals surface area contributed by atoms with Gasteiger partial charge in [-0.2, -0.15) is 0 Å². The van der Waals surface area contributed by atoms with Crippen LogP contribution in [-0.2, 0) is 4.84 Å². The second kappa shape index (κ2) is 5.13. The molecule has 4 nitrogen and oxygen atoms in total. The van der Waals surface area contributed by atoms with E-state index in [1.165, 1.54) is 12.1 Å². The number of rotatable bonds is 2. The maximum absolute atomic E-state index is 13.7. The minimum Gasteiger partial charge on any atom is -0.387 e. The molecule has 5 heteroatoms. The molecule has 3 rings (SSSR count). The van der Waals surface area contributed by atoms with Crippen LogP contribution in [0.3, 0.4) is 0 Å². The number of hydrogen-bond acceptors (Lipinski definition) is 3. The number of hydrogen-bond donors (Lipinski definition) is 0. The maximum atomic E-state index is 13.7. The molecule has 0 saturated carbocycles. The van der Waals surface area contributed by atoms with E-state index < -0.39 is 11.4 Å². The van der Waals surface area contributed by atoms with Gasteiger partial charge in [-0.05, 0) is 18.1 Å². The number of carbonyl (C=O) groups is 1. The smallest absolute Gasteiger partial charge is 0.256 e. The van der Waals surface area contributed by atoms with Gasteiger partial charge in [-0.1, -0.05) is 31.1 Å². The molecule has 2 heterocycles. The minimum absolute atomic E-state index is 0.123. The lowest BCUT2D eigenvalue weighted by molar-refractivity contribution is -0.00920. The van der Waals surface area contributed by atoms with Crippen molar-refractivity contribution in [3.63, 3.8) is 0 Å². The van der Waals surface area contributed by atoms with E-state index in [0.717, 1.165) is 18.6 Å². The van der Waals surface area contributed by atoms with Crippen LogP contribution in [0.5, 0.6) is 0 Å². The fraction of sp³-hybridized carbons (Fsp3) is 0.500. The van der Waals surface area contributed by atoms with Gasteiger partial charge in [0.2, 0.25) is 0 Å². The van der Waals surface area contributed by atoms with E-state index in [0.29, 0.717) is 19.0 Å². The fourth-order valence-electron chi connectivity index (χ4n) is 2.90. The Bertz CT molecular complexity index is 600. The van der Waals surface area contributed by atoms with Gasteiger partial charge in [0.25, 0.3) is 5.91 Å². The van der Waals surface area contributed by atoms with E-state index in [2.05, 4.69) is 19.0 Å². The van der Waals surface area contributed by atoms with Crippen LogP contribution in [0.1, 0.15) is 37.0 Å². The number of carbonyl (C=O) groups excluding carboxylic acids is 1. The molecule has 1 unspecified atom stereocenters. The zero-order chi connectivity index (χ0) is 15.0. The van der Waals surface area contributed by atoms with Crippen molar-refractivity contribution in [2.45, 2.75) is 32.3 Å². The molecular formula is C16H19FN2O2. The standard InChI is InChI=1S/C16H19FN2O2/c1-11(2)14-9-16(21-18-14)7-8-19(10-16)15(20)12-5-3-4-6-13(12)17/h3-6,11H,7-10H2,1-2H3. The third-order valence-electron chi connectivity index (χ3n) is 4.23. The summed E-state index contributed by atoms with van der Waals surface area (Å²) in [4.78, 5) is 19.7. The number of nitrogens with zero attached hydrogens (tertiary/aromatic N) is 2. The van der Waals surface area contributed by atoms with Gasteiger partial charge in [0, 0.05) is 19.4 Å². The molecular weight excluding hydrogens is 271 g/mol. The van der Waals surface area contributed by atoms with Gasteiger partial charge in [-0.3, -0.25) is 4.79 Å². The Balaban J connectivity index is 1.71. The lowest BCUT2D eigenvalue weighted by Crippen LogP contribution is -2.37. The molecule has 1 aromatic rings. The highest BCUT2D eigenvalue weighted by Crippen LogP contribution is 2.36. The highest BCUT2D eigenvalue weighted by Gasteiger charge is 2.47. The molecule has 21 heavy (non-hydrogen) atoms. The number of oxime groups is 1. The highest BCUT2D eigenvalue weighted by atomic mass is 19.1. The Labute approximate surface area is 123 Å². The van der Waals surface area contributed by atoms with Gasteiger partial charge in [0.1, 0.15) is 5.82 Å². The Kier molecular flexibility index (Phi) is 3.43. The predicted octanol–water partition coefficient (Wildman–Crippen LogP) is 2.84. The Morgan fingerprint density at radius 1 is 1.43 bits per heavy atom. The number of likely N-dealkylation sites (tertiary alicyclic amines) is 1. The van der Waals surface area contributed by atoms with Crippen molar-refractivity contribution in [1.82, 2.24) is 4.90 Å². The zero-order valence-corrected chi connectivity index (χ0v) is 12.3. The largest absolute Gasteiger partial charge is 0.387 e. The van der Waals surface area contributed by atoms with Crippen LogP contribution in [0, 0.1) is 11.7 Å². The quantitative estimate of drug-likeness (QED) is 0.840. The van der Waals surface area contributed by atoms with E-state index in [1.54, 1.807) is 17.0 Å². The molecule has 1 spiro atoms. The number of benzene rings is 1. The van der Waals surface area contributed by atoms with Crippen molar-refractivity contribution in [3.8, 4) is 0 Å². The summed E-state index contributed by atoms with van der Waals surface area (Å²) in [5.41, 5.74) is 0.758. The Morgan fingerprint density at radius 2 is 2.19 bits per heavy atom. The predicted molar refractivity (Wildman–Crippen MR) is 77.6 cm³/mol. The van der Waals surface area contributed by atoms with Crippen LogP contribution in [0.25, 0.3) is 0 Å². The summed E-state index contributed by atoms with van der Waals surface area (Å²) in [6.07, 6.45) is 1.50. The molecule has 0 radical (unpaired) electrons. The van der Waals surface area contributed by atoms with Crippen LogP contribution in [-0.4, -0.2) is 35.2 Å². The van der Waals surface area contributed by atoms with Crippen LogP contribution >= 0.6 is 0 Å². The number of amides is 1. The molecule has 2 aliphatic heterocycles. The van der Waals surface area contributed by atoms with Crippen molar-refractivity contribution in [2.24, 2.45) is 11.1 Å². The molecule has 1 saturated heterocycles. The van der Waals surface area contributed by atoms with Gasteiger partial charge >= 0.3 is 0 Å². The summed E-state index contributed by atoms with van der Waals surface area (Å²) >= 11 is 0. The number of halogens is 1. The first-order chi connectivity index (χ1) is 10.0. The SMILES string of the molecule is CC(C)C1=NOC2(CCN(C(=O)c3ccccc3F)C2)C1. The second-order valence-corrected chi connectivity index (χ2v) is 6.14. The molecule has 112 valence electrons. The minimum atomic E-state index is -0.477. The Hall–Kier alpha value is -1.91. The second-order valence-electron chi connectivity index (χ2n) is 6.14. The van der Waals surface area contributed by atoms with E-state index in [9.17, 15) is 9.18 Å². The van der Waals surface area contributed by atoms with E-state index in [1.807, 2.05) is 0 Å². The molecule has 0 N–H and O–H groups in total. The third kappa shape index (κ3) is 2.52. The summed E-state index contributed by atoms with van der Waals surface area (Å²) < 4.78 is 13.7.